The molecule has 6 heteroatoms. The summed E-state index contributed by atoms with van der Waals surface area (Å²) in [6, 6.07) is -0.557. The fourth-order valence-electron chi connectivity index (χ4n) is 1.08. The zero-order valence-electron chi connectivity index (χ0n) is 8.47. The van der Waals surface area contributed by atoms with E-state index in [1.165, 1.54) is 0 Å². The molecular formula is C9H14N4O2. The molecule has 0 saturated carbocycles. The number of aromatic nitrogens is 2. The van der Waals surface area contributed by atoms with Crippen molar-refractivity contribution < 1.29 is 9.90 Å². The largest absolute Gasteiger partial charge is 0.481 e. The second-order valence-corrected chi connectivity index (χ2v) is 3.07. The van der Waals surface area contributed by atoms with E-state index in [1.807, 2.05) is 6.92 Å². The number of rotatable bonds is 5. The highest BCUT2D eigenvalue weighted by Gasteiger charge is 2.11. The maximum absolute atomic E-state index is 10.4. The second-order valence-electron chi connectivity index (χ2n) is 3.07. The summed E-state index contributed by atoms with van der Waals surface area (Å²) >= 11 is 0. The summed E-state index contributed by atoms with van der Waals surface area (Å²) in [4.78, 5) is 18.4. The lowest BCUT2D eigenvalue weighted by Gasteiger charge is -2.08. The zero-order chi connectivity index (χ0) is 11.3. The Labute approximate surface area is 87.5 Å². The molecule has 0 aliphatic heterocycles. The molecule has 15 heavy (non-hydrogen) atoms. The first-order valence-corrected chi connectivity index (χ1v) is 4.66. The predicted octanol–water partition coefficient (Wildman–Crippen LogP) is 0.383. The number of carboxylic acid groups (broad SMARTS) is 1. The summed E-state index contributed by atoms with van der Waals surface area (Å²) in [7, 11) is 0. The van der Waals surface area contributed by atoms with E-state index < -0.39 is 12.0 Å². The van der Waals surface area contributed by atoms with Crippen LogP contribution in [0.5, 0.6) is 0 Å². The van der Waals surface area contributed by atoms with Crippen LogP contribution in [0.4, 0.5) is 5.95 Å². The van der Waals surface area contributed by atoms with Crippen LogP contribution in [0.1, 0.15) is 24.9 Å². The number of hydrogen-bond donors (Lipinski definition) is 3. The maximum atomic E-state index is 10.4. The van der Waals surface area contributed by atoms with E-state index in [4.69, 9.17) is 10.8 Å². The minimum absolute atomic E-state index is 0.121. The summed E-state index contributed by atoms with van der Waals surface area (Å²) < 4.78 is 0. The molecule has 0 bridgehead atoms. The van der Waals surface area contributed by atoms with E-state index in [9.17, 15) is 4.79 Å². The Bertz CT molecular complexity index is 325. The topological polar surface area (TPSA) is 101 Å². The molecule has 0 spiro atoms. The van der Waals surface area contributed by atoms with E-state index in [-0.39, 0.29) is 6.42 Å². The minimum Gasteiger partial charge on any atom is -0.481 e. The number of carbonyl (C=O) groups is 1. The van der Waals surface area contributed by atoms with Gasteiger partial charge in [0.05, 0.1) is 6.42 Å². The molecule has 0 aliphatic carbocycles. The number of hydrogen-bond acceptors (Lipinski definition) is 5. The van der Waals surface area contributed by atoms with Crippen LogP contribution in [-0.2, 0) is 4.79 Å². The molecule has 0 unspecified atom stereocenters. The predicted molar refractivity (Wildman–Crippen MR) is 55.4 cm³/mol. The Kier molecular flexibility index (Phi) is 3.99. The summed E-state index contributed by atoms with van der Waals surface area (Å²) in [5, 5.41) is 11.5. The van der Waals surface area contributed by atoms with E-state index in [1.54, 1.807) is 12.4 Å². The van der Waals surface area contributed by atoms with Crippen molar-refractivity contribution in [3.63, 3.8) is 0 Å². The van der Waals surface area contributed by atoms with E-state index >= 15 is 0 Å². The summed E-state index contributed by atoms with van der Waals surface area (Å²) in [6.45, 7) is 2.67. The zero-order valence-corrected chi connectivity index (χ0v) is 8.47. The summed E-state index contributed by atoms with van der Waals surface area (Å²) in [6.07, 6.45) is 2.96. The van der Waals surface area contributed by atoms with Crippen LogP contribution in [0.25, 0.3) is 0 Å². The van der Waals surface area contributed by atoms with Crippen molar-refractivity contribution >= 4 is 11.9 Å². The van der Waals surface area contributed by atoms with Crippen LogP contribution < -0.4 is 11.1 Å². The first kappa shape index (κ1) is 11.4. The first-order valence-electron chi connectivity index (χ1n) is 4.66. The molecule has 82 valence electrons. The molecule has 0 radical (unpaired) electrons. The molecule has 1 rings (SSSR count). The molecule has 0 amide bonds. The monoisotopic (exact) mass is 210 g/mol. The lowest BCUT2D eigenvalue weighted by molar-refractivity contribution is -0.137. The molecule has 0 aromatic carbocycles. The average Bonchev–Trinajstić information content (AvgIpc) is 2.18. The molecule has 0 saturated heterocycles. The van der Waals surface area contributed by atoms with E-state index in [2.05, 4.69) is 15.3 Å². The van der Waals surface area contributed by atoms with Gasteiger partial charge in [-0.2, -0.15) is 0 Å². The van der Waals surface area contributed by atoms with Gasteiger partial charge in [0.1, 0.15) is 0 Å². The Morgan fingerprint density at radius 3 is 2.67 bits per heavy atom. The minimum atomic E-state index is -0.932. The number of nitrogens with one attached hydrogen (secondary N) is 1. The van der Waals surface area contributed by atoms with Gasteiger partial charge in [0.25, 0.3) is 0 Å². The summed E-state index contributed by atoms with van der Waals surface area (Å²) in [5.74, 6) is -0.415. The van der Waals surface area contributed by atoms with Gasteiger partial charge in [-0.25, -0.2) is 9.97 Å². The van der Waals surface area contributed by atoms with Crippen molar-refractivity contribution in [2.75, 3.05) is 11.9 Å². The summed E-state index contributed by atoms with van der Waals surface area (Å²) in [5.41, 5.74) is 6.26. The quantitative estimate of drug-likeness (QED) is 0.649. The lowest BCUT2D eigenvalue weighted by atomic mass is 10.1. The van der Waals surface area contributed by atoms with Crippen molar-refractivity contribution in [2.45, 2.75) is 19.4 Å². The molecule has 1 atom stereocenters. The van der Waals surface area contributed by atoms with Gasteiger partial charge in [0.2, 0.25) is 5.95 Å². The number of nitrogens with zero attached hydrogens (tertiary/aromatic N) is 2. The number of nitrogens with two attached hydrogens (primary N) is 1. The highest BCUT2D eigenvalue weighted by molar-refractivity contribution is 5.67. The number of carboxylic acids is 1. The molecule has 6 nitrogen and oxygen atoms in total. The third-order valence-corrected chi connectivity index (χ3v) is 1.83. The van der Waals surface area contributed by atoms with Crippen LogP contribution in [-0.4, -0.2) is 27.6 Å². The molecule has 1 aromatic heterocycles. The number of aliphatic carboxylic acids is 1. The molecular weight excluding hydrogens is 196 g/mol. The van der Waals surface area contributed by atoms with Gasteiger partial charge in [-0.1, -0.05) is 0 Å². The lowest BCUT2D eigenvalue weighted by Crippen LogP contribution is -2.16. The van der Waals surface area contributed by atoms with Gasteiger partial charge in [-0.15, -0.1) is 0 Å². The maximum Gasteiger partial charge on any atom is 0.305 e. The van der Waals surface area contributed by atoms with Crippen molar-refractivity contribution in [3.05, 3.63) is 18.0 Å². The molecule has 1 heterocycles. The van der Waals surface area contributed by atoms with Crippen LogP contribution >= 0.6 is 0 Å². The number of anilines is 1. The Hall–Kier alpha value is -1.69. The van der Waals surface area contributed by atoms with Crippen LogP contribution in [0.3, 0.4) is 0 Å². The van der Waals surface area contributed by atoms with Gasteiger partial charge in [0.15, 0.2) is 0 Å². The molecule has 0 aliphatic rings. The molecule has 4 N–H and O–H groups in total. The first-order chi connectivity index (χ1) is 7.13. The van der Waals surface area contributed by atoms with Gasteiger partial charge < -0.3 is 16.2 Å². The van der Waals surface area contributed by atoms with Crippen LogP contribution in [0.15, 0.2) is 12.4 Å². The van der Waals surface area contributed by atoms with Crippen molar-refractivity contribution in [3.8, 4) is 0 Å². The highest BCUT2D eigenvalue weighted by Crippen LogP contribution is 2.12. The standard InChI is InChI=1S/C9H14N4O2/c1-2-11-9-12-4-6(5-13-9)7(10)3-8(14)15/h4-5,7H,2-3,10H2,1H3,(H,14,15)(H,11,12,13)/t7-/m1/s1. The fourth-order valence-corrected chi connectivity index (χ4v) is 1.08. The normalized spacial score (nSPS) is 12.1. The Morgan fingerprint density at radius 1 is 1.60 bits per heavy atom. The van der Waals surface area contributed by atoms with Crippen molar-refractivity contribution in [1.82, 2.24) is 9.97 Å². The van der Waals surface area contributed by atoms with Gasteiger partial charge in [-0.05, 0) is 6.92 Å². The smallest absolute Gasteiger partial charge is 0.305 e. The average molecular weight is 210 g/mol. The highest BCUT2D eigenvalue weighted by atomic mass is 16.4. The van der Waals surface area contributed by atoms with Crippen LogP contribution in [0, 0.1) is 0 Å². The van der Waals surface area contributed by atoms with Crippen LogP contribution in [0.2, 0.25) is 0 Å². The van der Waals surface area contributed by atoms with E-state index in [0.29, 0.717) is 11.5 Å². The van der Waals surface area contributed by atoms with Crippen molar-refractivity contribution in [1.29, 1.82) is 0 Å². The Balaban J connectivity index is 2.66. The van der Waals surface area contributed by atoms with Gasteiger partial charge in [0, 0.05) is 30.5 Å². The van der Waals surface area contributed by atoms with E-state index in [0.717, 1.165) is 6.54 Å². The SMILES string of the molecule is CCNc1ncc([C@H](N)CC(=O)O)cn1. The molecule has 0 fully saturated rings. The third-order valence-electron chi connectivity index (χ3n) is 1.83. The van der Waals surface area contributed by atoms with Gasteiger partial charge >= 0.3 is 5.97 Å². The molecule has 1 aromatic rings. The Morgan fingerprint density at radius 2 is 2.20 bits per heavy atom. The fraction of sp³-hybridized carbons (Fsp3) is 0.444. The van der Waals surface area contributed by atoms with Crippen molar-refractivity contribution in [2.24, 2.45) is 5.73 Å². The van der Waals surface area contributed by atoms with Gasteiger partial charge in [-0.3, -0.25) is 4.79 Å². The third kappa shape index (κ3) is 3.51. The second kappa shape index (κ2) is 5.26.